The van der Waals surface area contributed by atoms with E-state index in [0.717, 1.165) is 28.6 Å². The molecule has 1 aromatic heterocycles. The number of hydrogen-bond donors (Lipinski definition) is 5. The average Bonchev–Trinajstić information content (AvgIpc) is 3.60. The maximum absolute atomic E-state index is 13.7. The lowest BCUT2D eigenvalue weighted by molar-refractivity contribution is -0.133. The number of Topliss-reactive ketones (excluding diaryl/α,β-unsaturated/α-hetero) is 1. The molecule has 1 fully saturated rings. The molecule has 0 spiro atoms. The van der Waals surface area contributed by atoms with Gasteiger partial charge in [0.1, 0.15) is 12.1 Å². The Morgan fingerprint density at radius 3 is 2.50 bits per heavy atom. The van der Waals surface area contributed by atoms with Crippen LogP contribution in [0, 0.1) is 11.3 Å². The molecule has 2 heterocycles. The summed E-state index contributed by atoms with van der Waals surface area (Å²) in [4.78, 5) is 57.1. The Morgan fingerprint density at radius 1 is 1.02 bits per heavy atom. The van der Waals surface area contributed by atoms with E-state index in [2.05, 4.69) is 25.8 Å². The van der Waals surface area contributed by atoms with Crippen molar-refractivity contribution >= 4 is 40.6 Å². The molecule has 40 heavy (non-hydrogen) atoms. The average molecular weight is 545 g/mol. The minimum Gasteiger partial charge on any atom is -0.361 e. The smallest absolute Gasteiger partial charge is 0.243 e. The summed E-state index contributed by atoms with van der Waals surface area (Å²) in [6, 6.07) is 15.1. The number of hydrogen-bond acceptors (Lipinski definition) is 6. The fourth-order valence-corrected chi connectivity index (χ4v) is 4.98. The Balaban J connectivity index is 1.51. The third-order valence-corrected chi connectivity index (χ3v) is 7.28. The van der Waals surface area contributed by atoms with Gasteiger partial charge in [0, 0.05) is 43.0 Å². The lowest BCUT2D eigenvalue weighted by Crippen LogP contribution is -2.55. The fourth-order valence-electron chi connectivity index (χ4n) is 4.98. The molecule has 3 amide bonds. The highest BCUT2D eigenvalue weighted by Gasteiger charge is 2.32. The molecule has 1 aliphatic heterocycles. The number of fused-ring (bicyclic) bond motifs is 1. The number of carbonyl (C=O) groups is 4. The first-order valence-electron chi connectivity index (χ1n) is 13.5. The molecule has 3 aromatic rings. The van der Waals surface area contributed by atoms with Crippen molar-refractivity contribution in [3.05, 3.63) is 71.9 Å². The zero-order chi connectivity index (χ0) is 28.5. The number of amides is 3. The zero-order valence-electron chi connectivity index (χ0n) is 22.6. The normalized spacial score (nSPS) is 16.7. The van der Waals surface area contributed by atoms with E-state index in [-0.39, 0.29) is 37.6 Å². The van der Waals surface area contributed by atoms with Crippen LogP contribution in [-0.4, -0.2) is 71.8 Å². The van der Waals surface area contributed by atoms with Crippen LogP contribution in [0.5, 0.6) is 0 Å². The Bertz CT molecular complexity index is 1350. The van der Waals surface area contributed by atoms with E-state index >= 15 is 0 Å². The summed E-state index contributed by atoms with van der Waals surface area (Å²) in [5.74, 6) is -1.81. The standard InChI is InChI=1S/C30H36N6O4/c1-36-14-13-21(19-36)28(38)35-27(15-22-18-32-25-10-6-5-9-24(22)25)30(40)34-26(12-11-23(37)16-31)29(39)33-17-20-7-3-2-4-8-20/h2-10,16,18,21,26-27,31-32H,11-15,17,19H2,1H3,(H,33,39)(H,34,40)(H,35,38)/t21?,26-,27-/m0/s1. The van der Waals surface area contributed by atoms with Crippen LogP contribution in [-0.2, 0) is 32.1 Å². The van der Waals surface area contributed by atoms with Crippen molar-refractivity contribution in [1.82, 2.24) is 25.8 Å². The van der Waals surface area contributed by atoms with Gasteiger partial charge in [0.15, 0.2) is 5.78 Å². The molecule has 4 rings (SSSR count). The number of para-hydroxylation sites is 1. The number of aromatic amines is 1. The third-order valence-electron chi connectivity index (χ3n) is 7.28. The number of carbonyl (C=O) groups excluding carboxylic acids is 4. The van der Waals surface area contributed by atoms with Crippen molar-refractivity contribution in [2.75, 3.05) is 20.1 Å². The van der Waals surface area contributed by atoms with Crippen molar-refractivity contribution in [3.8, 4) is 0 Å². The fraction of sp³-hybridized carbons (Fsp3) is 0.367. The molecule has 3 atom stereocenters. The van der Waals surface area contributed by atoms with Crippen molar-refractivity contribution in [2.24, 2.45) is 5.92 Å². The molecule has 210 valence electrons. The molecule has 2 aromatic carbocycles. The summed E-state index contributed by atoms with van der Waals surface area (Å²) in [5.41, 5.74) is 2.68. The minimum absolute atomic E-state index is 0.0295. The molecule has 0 radical (unpaired) electrons. The van der Waals surface area contributed by atoms with Crippen molar-refractivity contribution in [2.45, 2.75) is 44.3 Å². The summed E-state index contributed by atoms with van der Waals surface area (Å²) < 4.78 is 0. The molecule has 0 bridgehead atoms. The van der Waals surface area contributed by atoms with E-state index in [1.54, 1.807) is 0 Å². The molecule has 0 aliphatic carbocycles. The molecule has 1 aliphatic rings. The maximum Gasteiger partial charge on any atom is 0.243 e. The van der Waals surface area contributed by atoms with Gasteiger partial charge in [0.2, 0.25) is 17.7 Å². The summed E-state index contributed by atoms with van der Waals surface area (Å²) in [5, 5.41) is 16.7. The van der Waals surface area contributed by atoms with Crippen LogP contribution in [0.15, 0.2) is 60.8 Å². The van der Waals surface area contributed by atoms with E-state index in [9.17, 15) is 19.2 Å². The second kappa shape index (κ2) is 13.7. The highest BCUT2D eigenvalue weighted by atomic mass is 16.2. The number of ketones is 1. The number of likely N-dealkylation sites (tertiary alicyclic amines) is 1. The lowest BCUT2D eigenvalue weighted by Gasteiger charge is -2.24. The largest absolute Gasteiger partial charge is 0.361 e. The number of nitrogens with one attached hydrogen (secondary N) is 5. The summed E-state index contributed by atoms with van der Waals surface area (Å²) in [6.45, 7) is 1.68. The Kier molecular flexibility index (Phi) is 9.80. The number of aromatic nitrogens is 1. The van der Waals surface area contributed by atoms with Gasteiger partial charge in [-0.3, -0.25) is 19.2 Å². The van der Waals surface area contributed by atoms with Crippen molar-refractivity contribution < 1.29 is 19.2 Å². The van der Waals surface area contributed by atoms with Gasteiger partial charge in [0.05, 0.1) is 12.1 Å². The van der Waals surface area contributed by atoms with E-state index in [0.29, 0.717) is 19.2 Å². The second-order valence-electron chi connectivity index (χ2n) is 10.3. The SMILES string of the molecule is CN1CCC(C(=O)N[C@@H](Cc2c[nH]c3ccccc23)C(=O)N[C@@H](CCC(=O)C=N)C(=O)NCc2ccccc2)C1. The van der Waals surface area contributed by atoms with Gasteiger partial charge in [-0.05, 0) is 43.6 Å². The number of benzene rings is 2. The first-order chi connectivity index (χ1) is 19.3. The Morgan fingerprint density at radius 2 is 1.77 bits per heavy atom. The van der Waals surface area contributed by atoms with E-state index in [4.69, 9.17) is 5.41 Å². The van der Waals surface area contributed by atoms with Crippen LogP contribution in [0.3, 0.4) is 0 Å². The number of rotatable bonds is 13. The topological polar surface area (TPSA) is 147 Å². The highest BCUT2D eigenvalue weighted by molar-refractivity contribution is 6.26. The predicted molar refractivity (Wildman–Crippen MR) is 153 cm³/mol. The summed E-state index contributed by atoms with van der Waals surface area (Å²) >= 11 is 0. The van der Waals surface area contributed by atoms with Crippen LogP contribution in [0.1, 0.15) is 30.4 Å². The summed E-state index contributed by atoms with van der Waals surface area (Å²) in [7, 11) is 1.96. The van der Waals surface area contributed by atoms with Gasteiger partial charge in [-0.2, -0.15) is 0 Å². The van der Waals surface area contributed by atoms with Crippen LogP contribution >= 0.6 is 0 Å². The van der Waals surface area contributed by atoms with E-state index in [1.165, 1.54) is 0 Å². The van der Waals surface area contributed by atoms with Gasteiger partial charge in [-0.15, -0.1) is 0 Å². The van der Waals surface area contributed by atoms with Gasteiger partial charge >= 0.3 is 0 Å². The van der Waals surface area contributed by atoms with Crippen LogP contribution in [0.25, 0.3) is 10.9 Å². The monoisotopic (exact) mass is 544 g/mol. The molecule has 0 saturated carbocycles. The lowest BCUT2D eigenvalue weighted by atomic mass is 10.0. The molecule has 1 saturated heterocycles. The maximum atomic E-state index is 13.7. The quantitative estimate of drug-likeness (QED) is 0.209. The highest BCUT2D eigenvalue weighted by Crippen LogP contribution is 2.20. The molecule has 10 heteroatoms. The predicted octanol–water partition coefficient (Wildman–Crippen LogP) is 1.95. The first-order valence-corrected chi connectivity index (χ1v) is 13.5. The second-order valence-corrected chi connectivity index (χ2v) is 10.3. The number of nitrogens with zero attached hydrogens (tertiary/aromatic N) is 1. The molecular formula is C30H36N6O4. The molecule has 5 N–H and O–H groups in total. The zero-order valence-corrected chi connectivity index (χ0v) is 22.6. The first kappa shape index (κ1) is 28.7. The van der Waals surface area contributed by atoms with Crippen LogP contribution in [0.4, 0.5) is 0 Å². The number of H-pyrrole nitrogens is 1. The van der Waals surface area contributed by atoms with Crippen molar-refractivity contribution in [1.29, 1.82) is 5.41 Å². The third kappa shape index (κ3) is 7.63. The minimum atomic E-state index is -1.01. The van der Waals surface area contributed by atoms with Crippen LogP contribution in [0.2, 0.25) is 0 Å². The molecule has 1 unspecified atom stereocenters. The molecule has 10 nitrogen and oxygen atoms in total. The van der Waals surface area contributed by atoms with E-state index in [1.807, 2.05) is 67.8 Å². The summed E-state index contributed by atoms with van der Waals surface area (Å²) in [6.07, 6.45) is 3.43. The molecular weight excluding hydrogens is 508 g/mol. The van der Waals surface area contributed by atoms with Crippen molar-refractivity contribution in [3.63, 3.8) is 0 Å². The Labute approximate surface area is 233 Å². The van der Waals surface area contributed by atoms with Gasteiger partial charge in [-0.25, -0.2) is 0 Å². The van der Waals surface area contributed by atoms with Gasteiger partial charge in [-0.1, -0.05) is 48.5 Å². The van der Waals surface area contributed by atoms with E-state index < -0.39 is 29.7 Å². The van der Waals surface area contributed by atoms with Gasteiger partial charge < -0.3 is 31.2 Å². The van der Waals surface area contributed by atoms with Gasteiger partial charge in [0.25, 0.3) is 0 Å². The van der Waals surface area contributed by atoms with Crippen LogP contribution < -0.4 is 16.0 Å². The Hall–Kier alpha value is -4.31.